The molecule has 0 aliphatic rings. The number of carbonyl (C=O) groups excluding carboxylic acids is 2. The molecule has 0 spiro atoms. The Morgan fingerprint density at radius 3 is 2.05 bits per heavy atom. The molecule has 0 radical (unpaired) electrons. The number of benzene rings is 2. The quantitative estimate of drug-likeness (QED) is 0.479. The lowest BCUT2D eigenvalue weighted by Crippen LogP contribution is -2.09. The van der Waals surface area contributed by atoms with Crippen LogP contribution < -0.4 is 0 Å². The molecule has 2 rings (SSSR count). The van der Waals surface area contributed by atoms with Gasteiger partial charge in [0.1, 0.15) is 0 Å². The highest BCUT2D eigenvalue weighted by molar-refractivity contribution is 6.01. The first-order valence-corrected chi connectivity index (χ1v) is 5.80. The molecule has 0 saturated carbocycles. The molecular formula is C16H12O3. The fourth-order valence-electron chi connectivity index (χ4n) is 1.49. The highest BCUT2D eigenvalue weighted by atomic mass is 16.6. The molecule has 3 heteroatoms. The van der Waals surface area contributed by atoms with E-state index < -0.39 is 11.9 Å². The van der Waals surface area contributed by atoms with Crippen molar-refractivity contribution in [3.63, 3.8) is 0 Å². The van der Waals surface area contributed by atoms with Crippen LogP contribution in [0.2, 0.25) is 0 Å². The van der Waals surface area contributed by atoms with Gasteiger partial charge in [-0.25, -0.2) is 9.59 Å². The molecule has 0 N–H and O–H groups in total. The van der Waals surface area contributed by atoms with Gasteiger partial charge in [0.25, 0.3) is 0 Å². The highest BCUT2D eigenvalue weighted by Gasteiger charge is 2.09. The zero-order chi connectivity index (χ0) is 13.5. The second kappa shape index (κ2) is 6.31. The van der Waals surface area contributed by atoms with Crippen LogP contribution in [0.15, 0.2) is 66.7 Å². The molecule has 0 aliphatic heterocycles. The molecule has 0 saturated heterocycles. The lowest BCUT2D eigenvalue weighted by atomic mass is 10.2. The average molecular weight is 252 g/mol. The van der Waals surface area contributed by atoms with E-state index in [0.717, 1.165) is 5.56 Å². The van der Waals surface area contributed by atoms with Gasteiger partial charge in [0.2, 0.25) is 0 Å². The van der Waals surface area contributed by atoms with E-state index in [-0.39, 0.29) is 0 Å². The van der Waals surface area contributed by atoms with Gasteiger partial charge in [0, 0.05) is 6.08 Å². The molecule has 2 aromatic rings. The molecule has 0 atom stereocenters. The van der Waals surface area contributed by atoms with Crippen LogP contribution >= 0.6 is 0 Å². The Kier molecular flexibility index (Phi) is 4.24. The fourth-order valence-corrected chi connectivity index (χ4v) is 1.49. The molecule has 0 aromatic heterocycles. The summed E-state index contributed by atoms with van der Waals surface area (Å²) in [6, 6.07) is 17.7. The Balaban J connectivity index is 1.95. The van der Waals surface area contributed by atoms with Crippen LogP contribution in [0.4, 0.5) is 0 Å². The summed E-state index contributed by atoms with van der Waals surface area (Å²) in [5.41, 5.74) is 1.22. The second-order valence-corrected chi connectivity index (χ2v) is 3.82. The zero-order valence-electron chi connectivity index (χ0n) is 10.2. The van der Waals surface area contributed by atoms with Gasteiger partial charge in [-0.2, -0.15) is 0 Å². The maximum Gasteiger partial charge on any atom is 0.346 e. The summed E-state index contributed by atoms with van der Waals surface area (Å²) in [5, 5.41) is 0. The molecule has 0 heterocycles. The van der Waals surface area contributed by atoms with Gasteiger partial charge < -0.3 is 4.74 Å². The van der Waals surface area contributed by atoms with Crippen molar-refractivity contribution in [1.29, 1.82) is 0 Å². The second-order valence-electron chi connectivity index (χ2n) is 3.82. The Morgan fingerprint density at radius 2 is 1.42 bits per heavy atom. The molecule has 2 aromatic carbocycles. The lowest BCUT2D eigenvalue weighted by Gasteiger charge is -1.99. The van der Waals surface area contributed by atoms with Crippen molar-refractivity contribution < 1.29 is 14.3 Å². The molecule has 0 unspecified atom stereocenters. The Hall–Kier alpha value is -2.68. The van der Waals surface area contributed by atoms with Crippen molar-refractivity contribution in [1.82, 2.24) is 0 Å². The van der Waals surface area contributed by atoms with Gasteiger partial charge in [0.05, 0.1) is 5.56 Å². The van der Waals surface area contributed by atoms with Gasteiger partial charge in [-0.3, -0.25) is 0 Å². The summed E-state index contributed by atoms with van der Waals surface area (Å²) in [5.74, 6) is -1.33. The molecule has 0 amide bonds. The largest absolute Gasteiger partial charge is 0.386 e. The maximum atomic E-state index is 11.6. The van der Waals surface area contributed by atoms with Crippen LogP contribution in [0.5, 0.6) is 0 Å². The lowest BCUT2D eigenvalue weighted by molar-refractivity contribution is -0.132. The fraction of sp³-hybridized carbons (Fsp3) is 0. The van der Waals surface area contributed by atoms with E-state index in [1.54, 1.807) is 36.4 Å². The third kappa shape index (κ3) is 3.92. The van der Waals surface area contributed by atoms with Gasteiger partial charge in [0.15, 0.2) is 0 Å². The van der Waals surface area contributed by atoms with E-state index in [1.165, 1.54) is 6.08 Å². The van der Waals surface area contributed by atoms with E-state index in [2.05, 4.69) is 0 Å². The number of hydrogen-bond donors (Lipinski definition) is 0. The SMILES string of the molecule is O=C(/C=C/c1ccccc1)OC(=O)c1ccccc1. The monoisotopic (exact) mass is 252 g/mol. The number of hydrogen-bond acceptors (Lipinski definition) is 3. The summed E-state index contributed by atoms with van der Waals surface area (Å²) in [6.07, 6.45) is 2.83. The summed E-state index contributed by atoms with van der Waals surface area (Å²) in [4.78, 5) is 23.1. The molecule has 0 aliphatic carbocycles. The summed E-state index contributed by atoms with van der Waals surface area (Å²) in [6.45, 7) is 0. The van der Waals surface area contributed by atoms with Crippen LogP contribution in [0.3, 0.4) is 0 Å². The third-order valence-electron chi connectivity index (χ3n) is 2.41. The Bertz CT molecular complexity index is 586. The maximum absolute atomic E-state index is 11.6. The highest BCUT2D eigenvalue weighted by Crippen LogP contribution is 2.04. The van der Waals surface area contributed by atoms with Crippen LogP contribution in [-0.2, 0) is 9.53 Å². The van der Waals surface area contributed by atoms with E-state index in [1.807, 2.05) is 30.3 Å². The van der Waals surface area contributed by atoms with E-state index in [9.17, 15) is 9.59 Å². The molecule has 0 bridgehead atoms. The van der Waals surface area contributed by atoms with E-state index in [0.29, 0.717) is 5.56 Å². The number of carbonyl (C=O) groups is 2. The minimum Gasteiger partial charge on any atom is -0.386 e. The minimum absolute atomic E-state index is 0.351. The third-order valence-corrected chi connectivity index (χ3v) is 2.41. The van der Waals surface area contributed by atoms with E-state index >= 15 is 0 Å². The van der Waals surface area contributed by atoms with Crippen molar-refractivity contribution in [3.8, 4) is 0 Å². The number of rotatable bonds is 3. The van der Waals surface area contributed by atoms with Crippen LogP contribution in [-0.4, -0.2) is 11.9 Å². The van der Waals surface area contributed by atoms with Gasteiger partial charge in [-0.15, -0.1) is 0 Å². The topological polar surface area (TPSA) is 43.4 Å². The van der Waals surface area contributed by atoms with Crippen molar-refractivity contribution in [2.75, 3.05) is 0 Å². The van der Waals surface area contributed by atoms with Crippen LogP contribution in [0, 0.1) is 0 Å². The summed E-state index contributed by atoms with van der Waals surface area (Å²) < 4.78 is 4.69. The normalized spacial score (nSPS) is 10.3. The number of ether oxygens (including phenoxy) is 1. The van der Waals surface area contributed by atoms with Crippen molar-refractivity contribution in [2.45, 2.75) is 0 Å². The van der Waals surface area contributed by atoms with Gasteiger partial charge >= 0.3 is 11.9 Å². The predicted octanol–water partition coefficient (Wildman–Crippen LogP) is 3.08. The Labute approximate surface area is 111 Å². The van der Waals surface area contributed by atoms with Crippen LogP contribution in [0.1, 0.15) is 15.9 Å². The zero-order valence-corrected chi connectivity index (χ0v) is 10.2. The predicted molar refractivity (Wildman–Crippen MR) is 72.3 cm³/mol. The molecular weight excluding hydrogens is 240 g/mol. The molecule has 0 fully saturated rings. The van der Waals surface area contributed by atoms with Crippen molar-refractivity contribution in [3.05, 3.63) is 77.9 Å². The average Bonchev–Trinajstić information content (AvgIpc) is 2.47. The first kappa shape index (κ1) is 12.8. The van der Waals surface area contributed by atoms with E-state index in [4.69, 9.17) is 4.74 Å². The minimum atomic E-state index is -0.683. The van der Waals surface area contributed by atoms with Gasteiger partial charge in [-0.1, -0.05) is 48.5 Å². The smallest absolute Gasteiger partial charge is 0.346 e. The standard InChI is InChI=1S/C16H12O3/c17-15(12-11-13-7-3-1-4-8-13)19-16(18)14-9-5-2-6-10-14/h1-12H/b12-11+. The van der Waals surface area contributed by atoms with Crippen LogP contribution in [0.25, 0.3) is 6.08 Å². The van der Waals surface area contributed by atoms with Gasteiger partial charge in [-0.05, 0) is 23.8 Å². The molecule has 94 valence electrons. The first-order chi connectivity index (χ1) is 9.25. The summed E-state index contributed by atoms with van der Waals surface area (Å²) >= 11 is 0. The molecule has 19 heavy (non-hydrogen) atoms. The Morgan fingerprint density at radius 1 is 0.842 bits per heavy atom. The van der Waals surface area contributed by atoms with Crippen molar-refractivity contribution >= 4 is 18.0 Å². The summed E-state index contributed by atoms with van der Waals surface area (Å²) in [7, 11) is 0. The van der Waals surface area contributed by atoms with Crippen molar-refractivity contribution in [2.24, 2.45) is 0 Å². The molecule has 3 nitrogen and oxygen atoms in total. The first-order valence-electron chi connectivity index (χ1n) is 5.80. The number of esters is 2.